The van der Waals surface area contributed by atoms with Crippen LogP contribution in [0, 0.1) is 5.82 Å². The summed E-state index contributed by atoms with van der Waals surface area (Å²) >= 11 is 0. The molecule has 3 heterocycles. The monoisotopic (exact) mass is 409 g/mol. The molecule has 3 aromatic rings. The molecule has 1 aliphatic carbocycles. The molecule has 0 atom stereocenters. The molecule has 1 aliphatic heterocycles. The van der Waals surface area contributed by atoms with Crippen LogP contribution in [0.1, 0.15) is 60.7 Å². The molecular weight excluding hydrogens is 385 g/mol. The number of carbonyl (C=O) groups excluding carboxylic acids is 1. The lowest BCUT2D eigenvalue weighted by atomic mass is 9.94. The number of hydrogen-bond donors (Lipinski definition) is 0. The number of piperidine rings is 1. The van der Waals surface area contributed by atoms with Crippen LogP contribution < -0.4 is 4.90 Å². The third-order valence-corrected chi connectivity index (χ3v) is 6.01. The standard InChI is InChI=1S/C22H24FN5O2/c1-2-30-22(29)18-12-24-19-6-3-15(23)11-17(19)20(18)27-9-7-14(8-10-27)21-26-25-13-28(21)16-4-5-16/h3,6,11-14,16H,2,4-5,7-10H2,1H3. The van der Waals surface area contributed by atoms with Gasteiger partial charge >= 0.3 is 5.97 Å². The highest BCUT2D eigenvalue weighted by atomic mass is 19.1. The van der Waals surface area contributed by atoms with E-state index in [1.807, 2.05) is 6.33 Å². The average molecular weight is 409 g/mol. The molecule has 0 spiro atoms. The van der Waals surface area contributed by atoms with Gasteiger partial charge in [-0.15, -0.1) is 10.2 Å². The van der Waals surface area contributed by atoms with Gasteiger partial charge in [0.05, 0.1) is 17.8 Å². The quantitative estimate of drug-likeness (QED) is 0.596. The summed E-state index contributed by atoms with van der Waals surface area (Å²) < 4.78 is 21.5. The van der Waals surface area contributed by atoms with E-state index < -0.39 is 5.97 Å². The van der Waals surface area contributed by atoms with Crippen molar-refractivity contribution in [2.45, 2.75) is 44.6 Å². The van der Waals surface area contributed by atoms with Crippen molar-refractivity contribution in [3.05, 3.63) is 47.9 Å². The number of esters is 1. The Hall–Kier alpha value is -3.03. The molecule has 2 aliphatic rings. The lowest BCUT2D eigenvalue weighted by molar-refractivity contribution is 0.0526. The fourth-order valence-corrected chi connectivity index (χ4v) is 4.39. The molecule has 0 unspecified atom stereocenters. The molecular formula is C22H24FN5O2. The highest BCUT2D eigenvalue weighted by Crippen LogP contribution is 2.40. The number of ether oxygens (including phenoxy) is 1. The summed E-state index contributed by atoms with van der Waals surface area (Å²) in [6, 6.07) is 5.04. The Bertz CT molecular complexity index is 1090. The van der Waals surface area contributed by atoms with Gasteiger partial charge in [-0.25, -0.2) is 9.18 Å². The molecule has 0 bridgehead atoms. The van der Waals surface area contributed by atoms with Gasteiger partial charge in [0, 0.05) is 36.6 Å². The normalized spacial score (nSPS) is 17.5. The largest absolute Gasteiger partial charge is 0.462 e. The molecule has 8 heteroatoms. The first-order valence-electron chi connectivity index (χ1n) is 10.6. The zero-order valence-corrected chi connectivity index (χ0v) is 16.9. The molecule has 156 valence electrons. The van der Waals surface area contributed by atoms with Crippen molar-refractivity contribution in [3.63, 3.8) is 0 Å². The summed E-state index contributed by atoms with van der Waals surface area (Å²) in [5, 5.41) is 9.16. The van der Waals surface area contributed by atoms with E-state index in [1.165, 1.54) is 25.0 Å². The van der Waals surface area contributed by atoms with Crippen molar-refractivity contribution in [2.75, 3.05) is 24.6 Å². The van der Waals surface area contributed by atoms with E-state index in [1.54, 1.807) is 19.2 Å². The highest BCUT2D eigenvalue weighted by molar-refractivity contribution is 6.05. The number of pyridine rings is 1. The van der Waals surface area contributed by atoms with E-state index in [4.69, 9.17) is 4.74 Å². The molecule has 30 heavy (non-hydrogen) atoms. The van der Waals surface area contributed by atoms with E-state index >= 15 is 0 Å². The van der Waals surface area contributed by atoms with Crippen molar-refractivity contribution in [2.24, 2.45) is 0 Å². The minimum absolute atomic E-state index is 0.276. The summed E-state index contributed by atoms with van der Waals surface area (Å²) in [6.07, 6.45) is 7.57. The van der Waals surface area contributed by atoms with Crippen molar-refractivity contribution >= 4 is 22.6 Å². The molecule has 1 saturated carbocycles. The van der Waals surface area contributed by atoms with Gasteiger partial charge in [-0.2, -0.15) is 0 Å². The Labute approximate surface area is 173 Å². The summed E-state index contributed by atoms with van der Waals surface area (Å²) in [7, 11) is 0. The molecule has 5 rings (SSSR count). The van der Waals surface area contributed by atoms with E-state index in [9.17, 15) is 9.18 Å². The summed E-state index contributed by atoms with van der Waals surface area (Å²) in [5.41, 5.74) is 1.75. The van der Waals surface area contributed by atoms with E-state index in [0.29, 0.717) is 34.1 Å². The fraction of sp³-hybridized carbons (Fsp3) is 0.455. The molecule has 0 radical (unpaired) electrons. The highest BCUT2D eigenvalue weighted by Gasteiger charge is 2.32. The van der Waals surface area contributed by atoms with Gasteiger partial charge in [-0.05, 0) is 50.8 Å². The average Bonchev–Trinajstić information content (AvgIpc) is 3.49. The topological polar surface area (TPSA) is 73.1 Å². The van der Waals surface area contributed by atoms with Crippen LogP contribution in [0.4, 0.5) is 10.1 Å². The van der Waals surface area contributed by atoms with Gasteiger partial charge in [-0.1, -0.05) is 0 Å². The number of fused-ring (bicyclic) bond motifs is 1. The van der Waals surface area contributed by atoms with Crippen molar-refractivity contribution in [1.29, 1.82) is 0 Å². The Morgan fingerprint density at radius 1 is 1.23 bits per heavy atom. The van der Waals surface area contributed by atoms with Gasteiger partial charge < -0.3 is 14.2 Å². The van der Waals surface area contributed by atoms with Gasteiger partial charge in [0.2, 0.25) is 0 Å². The van der Waals surface area contributed by atoms with Gasteiger partial charge in [0.25, 0.3) is 0 Å². The zero-order chi connectivity index (χ0) is 20.7. The molecule has 1 saturated heterocycles. The smallest absolute Gasteiger partial charge is 0.341 e. The van der Waals surface area contributed by atoms with E-state index in [-0.39, 0.29) is 12.4 Å². The zero-order valence-electron chi connectivity index (χ0n) is 16.9. The number of benzene rings is 1. The number of anilines is 1. The predicted molar refractivity (Wildman–Crippen MR) is 110 cm³/mol. The maximum absolute atomic E-state index is 14.1. The number of rotatable bonds is 5. The molecule has 1 aromatic carbocycles. The predicted octanol–water partition coefficient (Wildman–Crippen LogP) is 3.86. The summed E-state index contributed by atoms with van der Waals surface area (Å²) in [5.74, 6) is 0.620. The van der Waals surface area contributed by atoms with Crippen LogP contribution in [0.15, 0.2) is 30.7 Å². The van der Waals surface area contributed by atoms with Gasteiger partial charge in [0.1, 0.15) is 23.5 Å². The van der Waals surface area contributed by atoms with Crippen LogP contribution in [-0.2, 0) is 4.74 Å². The number of halogens is 1. The first kappa shape index (κ1) is 19.0. The first-order valence-corrected chi connectivity index (χ1v) is 10.6. The summed E-state index contributed by atoms with van der Waals surface area (Å²) in [6.45, 7) is 3.53. The Kier molecular flexibility index (Phi) is 4.84. The van der Waals surface area contributed by atoms with Crippen LogP contribution in [0.5, 0.6) is 0 Å². The minimum Gasteiger partial charge on any atom is -0.462 e. The van der Waals surface area contributed by atoms with Crippen LogP contribution in [-0.4, -0.2) is 45.4 Å². The van der Waals surface area contributed by atoms with Gasteiger partial charge in [0.15, 0.2) is 0 Å². The van der Waals surface area contributed by atoms with E-state index in [2.05, 4.69) is 24.6 Å². The lowest BCUT2D eigenvalue weighted by Gasteiger charge is -2.34. The molecule has 2 aromatic heterocycles. The maximum atomic E-state index is 14.1. The fourth-order valence-electron chi connectivity index (χ4n) is 4.39. The third kappa shape index (κ3) is 3.40. The number of carbonyl (C=O) groups is 1. The second-order valence-corrected chi connectivity index (χ2v) is 7.99. The SMILES string of the molecule is CCOC(=O)c1cnc2ccc(F)cc2c1N1CCC(c2nncn2C2CC2)CC1. The van der Waals surface area contributed by atoms with Gasteiger partial charge in [-0.3, -0.25) is 4.98 Å². The number of aromatic nitrogens is 4. The second kappa shape index (κ2) is 7.66. The van der Waals surface area contributed by atoms with Crippen LogP contribution in [0.2, 0.25) is 0 Å². The number of nitrogens with zero attached hydrogens (tertiary/aromatic N) is 5. The van der Waals surface area contributed by atoms with E-state index in [0.717, 1.165) is 31.8 Å². The molecule has 7 nitrogen and oxygen atoms in total. The Balaban J connectivity index is 1.46. The molecule has 0 N–H and O–H groups in total. The van der Waals surface area contributed by atoms with Crippen molar-refractivity contribution in [3.8, 4) is 0 Å². The summed E-state index contributed by atoms with van der Waals surface area (Å²) in [4.78, 5) is 19.1. The van der Waals surface area contributed by atoms with Crippen LogP contribution in [0.25, 0.3) is 10.9 Å². The lowest BCUT2D eigenvalue weighted by Crippen LogP contribution is -2.35. The number of hydrogen-bond acceptors (Lipinski definition) is 6. The molecule has 0 amide bonds. The van der Waals surface area contributed by atoms with Crippen molar-refractivity contribution < 1.29 is 13.9 Å². The third-order valence-electron chi connectivity index (χ3n) is 6.01. The second-order valence-electron chi connectivity index (χ2n) is 7.99. The van der Waals surface area contributed by atoms with Crippen molar-refractivity contribution in [1.82, 2.24) is 19.7 Å². The Morgan fingerprint density at radius 3 is 2.77 bits per heavy atom. The van der Waals surface area contributed by atoms with Crippen LogP contribution in [0.3, 0.4) is 0 Å². The first-order chi connectivity index (χ1) is 14.7. The Morgan fingerprint density at radius 2 is 2.03 bits per heavy atom. The molecule has 2 fully saturated rings. The van der Waals surface area contributed by atoms with Crippen LogP contribution >= 0.6 is 0 Å². The maximum Gasteiger partial charge on any atom is 0.341 e. The minimum atomic E-state index is -0.429.